The third kappa shape index (κ3) is 5.61. The van der Waals surface area contributed by atoms with E-state index in [4.69, 9.17) is 0 Å². The van der Waals surface area contributed by atoms with E-state index in [2.05, 4.69) is 4.74 Å². The van der Waals surface area contributed by atoms with E-state index in [1.165, 1.54) is 0 Å². The van der Waals surface area contributed by atoms with Crippen LogP contribution < -0.4 is 0 Å². The first-order valence-corrected chi connectivity index (χ1v) is 4.47. The van der Waals surface area contributed by atoms with Crippen molar-refractivity contribution < 1.29 is 22.7 Å². The van der Waals surface area contributed by atoms with Crippen molar-refractivity contribution in [2.24, 2.45) is 0 Å². The summed E-state index contributed by atoms with van der Waals surface area (Å²) in [5, 5.41) is 0. The summed E-state index contributed by atoms with van der Waals surface area (Å²) in [7, 11) is 0. The summed E-state index contributed by atoms with van der Waals surface area (Å²) in [4.78, 5) is 10.5. The second kappa shape index (κ2) is 7.41. The van der Waals surface area contributed by atoms with Gasteiger partial charge in [-0.25, -0.2) is 4.79 Å². The van der Waals surface area contributed by atoms with Crippen LogP contribution in [-0.2, 0) is 9.53 Å². The van der Waals surface area contributed by atoms with Crippen molar-refractivity contribution in [3.05, 3.63) is 11.9 Å². The summed E-state index contributed by atoms with van der Waals surface area (Å²) in [5.41, 5.74) is 0. The zero-order valence-electron chi connectivity index (χ0n) is 7.99. The van der Waals surface area contributed by atoms with Gasteiger partial charge < -0.3 is 4.74 Å². The Labute approximate surface area is 80.7 Å². The molecule has 0 atom stereocenters. The fourth-order valence-corrected chi connectivity index (χ4v) is 0.834. The molecule has 0 aliphatic carbocycles. The molecule has 14 heavy (non-hydrogen) atoms. The molecule has 0 bridgehead atoms. The first-order chi connectivity index (χ1) is 6.59. The van der Waals surface area contributed by atoms with E-state index in [1.807, 2.05) is 6.92 Å². The molecule has 0 saturated heterocycles. The molecule has 0 aliphatic heterocycles. The molecular formula is C9H13F3O2. The number of hydrogen-bond acceptors (Lipinski definition) is 2. The normalized spacial score (nSPS) is 9.71. The molecule has 0 spiro atoms. The molecular weight excluding hydrogens is 197 g/mol. The van der Waals surface area contributed by atoms with Gasteiger partial charge in [0.1, 0.15) is 0 Å². The van der Waals surface area contributed by atoms with E-state index >= 15 is 0 Å². The molecule has 0 aromatic heterocycles. The summed E-state index contributed by atoms with van der Waals surface area (Å²) in [6.45, 7) is 1.99. The second-order valence-corrected chi connectivity index (χ2v) is 2.77. The van der Waals surface area contributed by atoms with E-state index in [0.717, 1.165) is 19.3 Å². The largest absolute Gasteiger partial charge is 0.460 e. The van der Waals surface area contributed by atoms with Crippen molar-refractivity contribution in [3.8, 4) is 0 Å². The Bertz CT molecular complexity index is 210. The molecule has 0 N–H and O–H groups in total. The predicted octanol–water partition coefficient (Wildman–Crippen LogP) is 3.19. The molecule has 82 valence electrons. The number of ether oxygens (including phenoxy) is 1. The predicted molar refractivity (Wildman–Crippen MR) is 45.5 cm³/mol. The number of hydrogen-bond donors (Lipinski definition) is 0. The van der Waals surface area contributed by atoms with Crippen LogP contribution in [0.15, 0.2) is 11.9 Å². The molecule has 0 radical (unpaired) electrons. The minimum atomic E-state index is -2.64. The Morgan fingerprint density at radius 3 is 2.29 bits per heavy atom. The third-order valence-electron chi connectivity index (χ3n) is 1.58. The van der Waals surface area contributed by atoms with Gasteiger partial charge in [0, 0.05) is 0 Å². The zero-order valence-corrected chi connectivity index (χ0v) is 7.99. The molecule has 0 saturated carbocycles. The molecule has 0 rings (SSSR count). The molecule has 0 amide bonds. The van der Waals surface area contributed by atoms with Crippen LogP contribution in [0.1, 0.15) is 32.6 Å². The first-order valence-electron chi connectivity index (χ1n) is 4.47. The standard InChI is InChI=1S/C9H13F3O2/c1-2-3-4-5-6-14-9(13)7(10)8(11)12/h2-6H2,1H3. The van der Waals surface area contributed by atoms with Crippen molar-refractivity contribution in [1.29, 1.82) is 0 Å². The van der Waals surface area contributed by atoms with E-state index < -0.39 is 17.9 Å². The highest BCUT2D eigenvalue weighted by Crippen LogP contribution is 2.11. The van der Waals surface area contributed by atoms with Gasteiger partial charge in [-0.3, -0.25) is 0 Å². The number of rotatable bonds is 6. The molecule has 5 heteroatoms. The van der Waals surface area contributed by atoms with Crippen LogP contribution in [0.25, 0.3) is 0 Å². The maximum absolute atomic E-state index is 12.1. The summed E-state index contributed by atoms with van der Waals surface area (Å²) in [6.07, 6.45) is 0.770. The number of carbonyl (C=O) groups is 1. The summed E-state index contributed by atoms with van der Waals surface area (Å²) in [5.74, 6) is -3.68. The molecule has 0 heterocycles. The lowest BCUT2D eigenvalue weighted by Crippen LogP contribution is -2.06. The van der Waals surface area contributed by atoms with Crippen LogP contribution in [0.5, 0.6) is 0 Å². The lowest BCUT2D eigenvalue weighted by molar-refractivity contribution is -0.141. The summed E-state index contributed by atoms with van der Waals surface area (Å²) in [6, 6.07) is 0. The Kier molecular flexibility index (Phi) is 6.88. The van der Waals surface area contributed by atoms with Crippen molar-refractivity contribution >= 4 is 5.97 Å². The molecule has 0 fully saturated rings. The maximum atomic E-state index is 12.1. The number of esters is 1. The van der Waals surface area contributed by atoms with E-state index in [9.17, 15) is 18.0 Å². The first kappa shape index (κ1) is 13.0. The van der Waals surface area contributed by atoms with E-state index in [1.54, 1.807) is 0 Å². The van der Waals surface area contributed by atoms with Crippen LogP contribution in [0.4, 0.5) is 13.2 Å². The van der Waals surface area contributed by atoms with E-state index in [-0.39, 0.29) is 6.61 Å². The van der Waals surface area contributed by atoms with Crippen LogP contribution in [0.2, 0.25) is 0 Å². The molecule has 0 unspecified atom stereocenters. The topological polar surface area (TPSA) is 26.3 Å². The number of carbonyl (C=O) groups excluding carboxylic acids is 1. The zero-order chi connectivity index (χ0) is 11.0. The van der Waals surface area contributed by atoms with Crippen molar-refractivity contribution in [1.82, 2.24) is 0 Å². The van der Waals surface area contributed by atoms with Gasteiger partial charge in [-0.1, -0.05) is 26.2 Å². The summed E-state index contributed by atoms with van der Waals surface area (Å²) >= 11 is 0. The molecule has 0 aliphatic rings. The average molecular weight is 210 g/mol. The molecule has 0 aromatic carbocycles. The van der Waals surface area contributed by atoms with Crippen LogP contribution in [0, 0.1) is 0 Å². The number of unbranched alkanes of at least 4 members (excludes halogenated alkanes) is 3. The Morgan fingerprint density at radius 2 is 1.79 bits per heavy atom. The van der Waals surface area contributed by atoms with Gasteiger partial charge in [0.25, 0.3) is 5.83 Å². The van der Waals surface area contributed by atoms with Gasteiger partial charge in [-0.05, 0) is 6.42 Å². The minimum absolute atomic E-state index is 0.0144. The number of halogens is 3. The fraction of sp³-hybridized carbons (Fsp3) is 0.667. The highest BCUT2D eigenvalue weighted by Gasteiger charge is 2.16. The minimum Gasteiger partial charge on any atom is -0.460 e. The van der Waals surface area contributed by atoms with Crippen LogP contribution in [-0.4, -0.2) is 12.6 Å². The lowest BCUT2D eigenvalue weighted by Gasteiger charge is -2.01. The van der Waals surface area contributed by atoms with Gasteiger partial charge >= 0.3 is 12.0 Å². The quantitative estimate of drug-likeness (QED) is 0.382. The SMILES string of the molecule is CCCCCCOC(=O)C(F)=C(F)F. The van der Waals surface area contributed by atoms with Gasteiger partial charge in [0.2, 0.25) is 0 Å². The monoisotopic (exact) mass is 210 g/mol. The van der Waals surface area contributed by atoms with Crippen LogP contribution in [0.3, 0.4) is 0 Å². The van der Waals surface area contributed by atoms with Gasteiger partial charge in [-0.2, -0.15) is 13.2 Å². The van der Waals surface area contributed by atoms with Crippen molar-refractivity contribution in [2.75, 3.05) is 6.61 Å². The Hall–Kier alpha value is -1.00. The smallest absolute Gasteiger partial charge is 0.372 e. The van der Waals surface area contributed by atoms with Crippen LogP contribution >= 0.6 is 0 Å². The summed E-state index contributed by atoms with van der Waals surface area (Å²) < 4.78 is 39.4. The lowest BCUT2D eigenvalue weighted by atomic mass is 10.2. The second-order valence-electron chi connectivity index (χ2n) is 2.77. The highest BCUT2D eigenvalue weighted by molar-refractivity contribution is 5.86. The van der Waals surface area contributed by atoms with Gasteiger partial charge in [-0.15, -0.1) is 0 Å². The third-order valence-corrected chi connectivity index (χ3v) is 1.58. The molecule has 0 aromatic rings. The molecule has 2 nitrogen and oxygen atoms in total. The highest BCUT2D eigenvalue weighted by atomic mass is 19.3. The Balaban J connectivity index is 3.60. The van der Waals surface area contributed by atoms with E-state index in [0.29, 0.717) is 6.42 Å². The van der Waals surface area contributed by atoms with Gasteiger partial charge in [0.15, 0.2) is 0 Å². The van der Waals surface area contributed by atoms with Crippen molar-refractivity contribution in [3.63, 3.8) is 0 Å². The van der Waals surface area contributed by atoms with Crippen molar-refractivity contribution in [2.45, 2.75) is 32.6 Å². The fourth-order valence-electron chi connectivity index (χ4n) is 0.834. The average Bonchev–Trinajstić information content (AvgIpc) is 2.16. The van der Waals surface area contributed by atoms with Gasteiger partial charge in [0.05, 0.1) is 6.61 Å². The maximum Gasteiger partial charge on any atom is 0.372 e. The Morgan fingerprint density at radius 1 is 1.14 bits per heavy atom.